The molecule has 3 aromatic heterocycles. The maximum atomic E-state index is 11.8. The molecule has 0 aliphatic carbocycles. The zero-order chi connectivity index (χ0) is 16.9. The van der Waals surface area contributed by atoms with Crippen LogP contribution >= 0.6 is 34.0 Å². The van der Waals surface area contributed by atoms with Crippen LogP contribution in [0.15, 0.2) is 35.7 Å². The number of hydrogen-bond donors (Lipinski definition) is 0. The summed E-state index contributed by atoms with van der Waals surface area (Å²) in [5.41, 5.74) is 1.35. The molecule has 3 rings (SSSR count). The molecule has 0 amide bonds. The lowest BCUT2D eigenvalue weighted by Crippen LogP contribution is -1.87. The molecular weight excluding hydrogens is 352 g/mol. The van der Waals surface area contributed by atoms with Gasteiger partial charge >= 0.3 is 0 Å². The van der Waals surface area contributed by atoms with E-state index in [1.807, 2.05) is 11.3 Å². The zero-order valence-corrected chi connectivity index (χ0v) is 16.6. The Morgan fingerprint density at radius 2 is 1.83 bits per heavy atom. The Balaban J connectivity index is 1.86. The minimum atomic E-state index is 0.177. The monoisotopic (exact) mass is 374 g/mol. The van der Waals surface area contributed by atoms with Gasteiger partial charge in [-0.3, -0.25) is 4.79 Å². The van der Waals surface area contributed by atoms with E-state index in [2.05, 4.69) is 42.6 Å². The van der Waals surface area contributed by atoms with Gasteiger partial charge in [0, 0.05) is 19.5 Å². The number of Topliss-reactive ketones (excluding diaryl/α,β-unsaturated/α-hetero) is 1. The van der Waals surface area contributed by atoms with Crippen molar-refractivity contribution in [3.63, 3.8) is 0 Å². The molecule has 0 spiro atoms. The second-order valence-electron chi connectivity index (χ2n) is 5.97. The Labute approximate surface area is 156 Å². The van der Waals surface area contributed by atoms with E-state index in [1.54, 1.807) is 29.6 Å². The van der Waals surface area contributed by atoms with Crippen LogP contribution in [0.3, 0.4) is 0 Å². The Hall–Kier alpha value is -1.23. The van der Waals surface area contributed by atoms with Crippen molar-refractivity contribution in [1.82, 2.24) is 0 Å². The molecule has 0 N–H and O–H groups in total. The van der Waals surface area contributed by atoms with E-state index in [1.165, 1.54) is 50.8 Å². The molecule has 1 nitrogen and oxygen atoms in total. The first-order valence-electron chi connectivity index (χ1n) is 8.46. The smallest absolute Gasteiger partial charge is 0.169 e. The van der Waals surface area contributed by atoms with Crippen LogP contribution < -0.4 is 0 Å². The standard InChI is InChI=1S/C20H22OS3/c1-3-4-5-6-8-15-13-19(14(2)21)24-20(15)18-11-10-17(23-18)16-9-7-12-22-16/h7,9-13H,3-6,8H2,1-2H3. The lowest BCUT2D eigenvalue weighted by Gasteiger charge is -2.02. The summed E-state index contributed by atoms with van der Waals surface area (Å²) >= 11 is 5.27. The zero-order valence-electron chi connectivity index (χ0n) is 14.1. The third kappa shape index (κ3) is 4.05. The van der Waals surface area contributed by atoms with Crippen LogP contribution in [0, 0.1) is 0 Å². The first kappa shape index (κ1) is 17.6. The van der Waals surface area contributed by atoms with Crippen LogP contribution in [-0.2, 0) is 6.42 Å². The second kappa shape index (κ2) is 8.24. The number of thiophene rings is 3. The van der Waals surface area contributed by atoms with Crippen molar-refractivity contribution in [2.24, 2.45) is 0 Å². The molecule has 0 atom stereocenters. The van der Waals surface area contributed by atoms with E-state index in [0.717, 1.165) is 11.3 Å². The number of ketones is 1. The highest BCUT2D eigenvalue weighted by atomic mass is 32.1. The molecule has 0 saturated heterocycles. The summed E-state index contributed by atoms with van der Waals surface area (Å²) in [7, 11) is 0. The highest BCUT2D eigenvalue weighted by Crippen LogP contribution is 2.41. The molecule has 3 heterocycles. The molecule has 0 fully saturated rings. The van der Waals surface area contributed by atoms with Crippen LogP contribution in [-0.4, -0.2) is 5.78 Å². The van der Waals surface area contributed by atoms with Crippen molar-refractivity contribution >= 4 is 39.8 Å². The fraction of sp³-hybridized carbons (Fsp3) is 0.350. The molecule has 3 aromatic rings. The quantitative estimate of drug-likeness (QED) is 0.294. The van der Waals surface area contributed by atoms with Gasteiger partial charge in [-0.15, -0.1) is 34.0 Å². The summed E-state index contributed by atoms with van der Waals surface area (Å²) < 4.78 is 0. The summed E-state index contributed by atoms with van der Waals surface area (Å²) in [4.78, 5) is 17.9. The molecule has 0 radical (unpaired) electrons. The van der Waals surface area contributed by atoms with E-state index in [0.29, 0.717) is 0 Å². The Morgan fingerprint density at radius 3 is 2.54 bits per heavy atom. The minimum absolute atomic E-state index is 0.177. The predicted molar refractivity (Wildman–Crippen MR) is 109 cm³/mol. The highest BCUT2D eigenvalue weighted by molar-refractivity contribution is 7.26. The van der Waals surface area contributed by atoms with Crippen molar-refractivity contribution in [3.05, 3.63) is 46.2 Å². The van der Waals surface area contributed by atoms with Crippen LogP contribution in [0.4, 0.5) is 0 Å². The lowest BCUT2D eigenvalue weighted by molar-refractivity contribution is 0.102. The van der Waals surface area contributed by atoms with Gasteiger partial charge in [-0.2, -0.15) is 0 Å². The SMILES string of the molecule is CCCCCCc1cc(C(C)=O)sc1-c1ccc(-c2cccs2)s1. The van der Waals surface area contributed by atoms with Gasteiger partial charge in [0.25, 0.3) is 0 Å². The summed E-state index contributed by atoms with van der Waals surface area (Å²) in [6.07, 6.45) is 6.10. The Morgan fingerprint density at radius 1 is 1.00 bits per heavy atom. The van der Waals surface area contributed by atoms with E-state index in [9.17, 15) is 4.79 Å². The summed E-state index contributed by atoms with van der Waals surface area (Å²) in [6.45, 7) is 3.91. The van der Waals surface area contributed by atoms with Crippen LogP contribution in [0.2, 0.25) is 0 Å². The van der Waals surface area contributed by atoms with Crippen molar-refractivity contribution in [3.8, 4) is 19.5 Å². The van der Waals surface area contributed by atoms with Gasteiger partial charge in [0.1, 0.15) is 0 Å². The molecule has 126 valence electrons. The summed E-state index contributed by atoms with van der Waals surface area (Å²) in [5, 5.41) is 2.12. The number of carbonyl (C=O) groups is 1. The molecule has 24 heavy (non-hydrogen) atoms. The first-order chi connectivity index (χ1) is 11.7. The first-order valence-corrected chi connectivity index (χ1v) is 11.0. The normalized spacial score (nSPS) is 11.1. The van der Waals surface area contributed by atoms with E-state index >= 15 is 0 Å². The van der Waals surface area contributed by atoms with Crippen molar-refractivity contribution in [2.45, 2.75) is 46.0 Å². The molecule has 0 aliphatic rings. The molecule has 0 unspecified atom stereocenters. The van der Waals surface area contributed by atoms with E-state index < -0.39 is 0 Å². The number of aryl methyl sites for hydroxylation is 1. The number of rotatable bonds is 8. The summed E-state index contributed by atoms with van der Waals surface area (Å²) in [5.74, 6) is 0.177. The average molecular weight is 375 g/mol. The third-order valence-corrected chi connectivity index (χ3v) is 7.66. The topological polar surface area (TPSA) is 17.1 Å². The average Bonchev–Trinajstić information content (AvgIpc) is 3.30. The van der Waals surface area contributed by atoms with E-state index in [4.69, 9.17) is 0 Å². The number of carbonyl (C=O) groups excluding carboxylic acids is 1. The fourth-order valence-corrected chi connectivity index (χ4v) is 5.84. The maximum absolute atomic E-state index is 11.8. The van der Waals surface area contributed by atoms with E-state index in [-0.39, 0.29) is 5.78 Å². The molecule has 0 aromatic carbocycles. The summed E-state index contributed by atoms with van der Waals surface area (Å²) in [6, 6.07) is 10.8. The van der Waals surface area contributed by atoms with Gasteiger partial charge < -0.3 is 0 Å². The molecule has 0 saturated carbocycles. The van der Waals surface area contributed by atoms with Gasteiger partial charge in [-0.05, 0) is 55.0 Å². The van der Waals surface area contributed by atoms with Gasteiger partial charge in [-0.1, -0.05) is 32.3 Å². The van der Waals surface area contributed by atoms with Gasteiger partial charge in [0.05, 0.1) is 4.88 Å². The second-order valence-corrected chi connectivity index (χ2v) is 9.06. The largest absolute Gasteiger partial charge is 0.294 e. The molecular formula is C20H22OS3. The fourth-order valence-electron chi connectivity index (χ4n) is 2.75. The lowest BCUT2D eigenvalue weighted by atomic mass is 10.1. The molecule has 0 aliphatic heterocycles. The van der Waals surface area contributed by atoms with Gasteiger partial charge in [0.2, 0.25) is 0 Å². The van der Waals surface area contributed by atoms with Gasteiger partial charge in [0.15, 0.2) is 5.78 Å². The van der Waals surface area contributed by atoms with Crippen LogP contribution in [0.25, 0.3) is 19.5 Å². The predicted octanol–water partition coefficient (Wildman–Crippen LogP) is 7.53. The van der Waals surface area contributed by atoms with Crippen LogP contribution in [0.5, 0.6) is 0 Å². The highest BCUT2D eigenvalue weighted by Gasteiger charge is 2.15. The number of hydrogen-bond acceptors (Lipinski definition) is 4. The van der Waals surface area contributed by atoms with Crippen LogP contribution in [0.1, 0.15) is 54.8 Å². The maximum Gasteiger partial charge on any atom is 0.169 e. The van der Waals surface area contributed by atoms with Crippen molar-refractivity contribution in [1.29, 1.82) is 0 Å². The molecule has 0 bridgehead atoms. The van der Waals surface area contributed by atoms with Gasteiger partial charge in [-0.25, -0.2) is 0 Å². The molecule has 4 heteroatoms. The van der Waals surface area contributed by atoms with Crippen molar-refractivity contribution < 1.29 is 4.79 Å². The third-order valence-electron chi connectivity index (χ3n) is 4.05. The Bertz CT molecular complexity index is 793. The number of unbranched alkanes of at least 4 members (excludes halogenated alkanes) is 3. The Kier molecular flexibility index (Phi) is 6.04. The minimum Gasteiger partial charge on any atom is -0.294 e. The van der Waals surface area contributed by atoms with Crippen molar-refractivity contribution in [2.75, 3.05) is 0 Å².